The molecule has 2 rings (SSSR count). The van der Waals surface area contributed by atoms with Gasteiger partial charge in [0.15, 0.2) is 0 Å². The summed E-state index contributed by atoms with van der Waals surface area (Å²) in [5.41, 5.74) is 1.23. The Morgan fingerprint density at radius 2 is 2.05 bits per heavy atom. The van der Waals surface area contributed by atoms with Crippen molar-refractivity contribution in [3.63, 3.8) is 0 Å². The minimum Gasteiger partial charge on any atom is -0.278 e. The quantitative estimate of drug-likeness (QED) is 0.944. The number of rotatable bonds is 3. The molecule has 0 aliphatic heterocycles. The van der Waals surface area contributed by atoms with Gasteiger partial charge in [-0.2, -0.15) is 5.26 Å². The predicted octanol–water partition coefficient (Wildman–Crippen LogP) is 3.38. The van der Waals surface area contributed by atoms with Crippen molar-refractivity contribution in [3.05, 3.63) is 45.8 Å². The van der Waals surface area contributed by atoms with Crippen molar-refractivity contribution in [1.29, 1.82) is 5.26 Å². The number of anilines is 1. The number of hydrogen-bond donors (Lipinski definition) is 1. The molecule has 98 valence electrons. The second-order valence-corrected chi connectivity index (χ2v) is 7.35. The summed E-state index contributed by atoms with van der Waals surface area (Å²) < 4.78 is 27.3. The van der Waals surface area contributed by atoms with Crippen LogP contribution in [0.2, 0.25) is 4.34 Å². The van der Waals surface area contributed by atoms with Gasteiger partial charge in [0, 0.05) is 0 Å². The molecule has 0 aliphatic carbocycles. The van der Waals surface area contributed by atoms with Crippen molar-refractivity contribution in [3.8, 4) is 6.07 Å². The summed E-state index contributed by atoms with van der Waals surface area (Å²) in [4.78, 5) is 0. The van der Waals surface area contributed by atoms with Crippen LogP contribution in [0.1, 0.15) is 11.1 Å². The Balaban J connectivity index is 2.40. The number of nitrogens with one attached hydrogen (secondary N) is 1. The second-order valence-electron chi connectivity index (χ2n) is 3.79. The molecular formula is C12H9ClN2O2S2. The lowest BCUT2D eigenvalue weighted by atomic mass is 10.2. The van der Waals surface area contributed by atoms with Crippen molar-refractivity contribution in [2.24, 2.45) is 0 Å². The van der Waals surface area contributed by atoms with Gasteiger partial charge in [0.1, 0.15) is 10.3 Å². The zero-order valence-electron chi connectivity index (χ0n) is 9.84. The first-order valence-corrected chi connectivity index (χ1v) is 7.89. The first-order chi connectivity index (χ1) is 8.94. The lowest BCUT2D eigenvalue weighted by molar-refractivity contribution is 0.603. The highest BCUT2D eigenvalue weighted by Gasteiger charge is 2.19. The van der Waals surface area contributed by atoms with E-state index in [1.165, 1.54) is 12.1 Å². The highest BCUT2D eigenvalue weighted by molar-refractivity contribution is 7.94. The molecule has 0 aliphatic rings. The van der Waals surface area contributed by atoms with Crippen LogP contribution in [0, 0.1) is 18.3 Å². The van der Waals surface area contributed by atoms with Gasteiger partial charge in [-0.05, 0) is 30.7 Å². The minimum atomic E-state index is -3.71. The number of nitriles is 1. The maximum Gasteiger partial charge on any atom is 0.271 e. The Labute approximate surface area is 120 Å². The minimum absolute atomic E-state index is 0.128. The number of benzene rings is 1. The van der Waals surface area contributed by atoms with Crippen LogP contribution in [0.15, 0.2) is 34.5 Å². The zero-order chi connectivity index (χ0) is 14.0. The molecule has 1 heterocycles. The van der Waals surface area contributed by atoms with E-state index in [0.717, 1.165) is 11.3 Å². The Hall–Kier alpha value is -1.55. The van der Waals surface area contributed by atoms with Crippen LogP contribution in [0.5, 0.6) is 0 Å². The lowest BCUT2D eigenvalue weighted by Gasteiger charge is -2.07. The monoisotopic (exact) mass is 312 g/mol. The molecule has 0 saturated carbocycles. The third kappa shape index (κ3) is 2.89. The lowest BCUT2D eigenvalue weighted by Crippen LogP contribution is -2.12. The van der Waals surface area contributed by atoms with Gasteiger partial charge < -0.3 is 0 Å². The molecule has 19 heavy (non-hydrogen) atoms. The van der Waals surface area contributed by atoms with Crippen LogP contribution >= 0.6 is 22.9 Å². The van der Waals surface area contributed by atoms with Crippen molar-refractivity contribution in [2.45, 2.75) is 11.1 Å². The van der Waals surface area contributed by atoms with Crippen LogP contribution in [0.4, 0.5) is 5.69 Å². The summed E-state index contributed by atoms with van der Waals surface area (Å²) in [5.74, 6) is 0. The topological polar surface area (TPSA) is 70.0 Å². The summed E-state index contributed by atoms with van der Waals surface area (Å²) >= 11 is 6.86. The van der Waals surface area contributed by atoms with E-state index >= 15 is 0 Å². The maximum atomic E-state index is 12.2. The van der Waals surface area contributed by atoms with E-state index in [-0.39, 0.29) is 15.5 Å². The molecule has 0 fully saturated rings. The number of sulfonamides is 1. The fourth-order valence-corrected chi connectivity index (χ4v) is 4.22. The zero-order valence-corrected chi connectivity index (χ0v) is 12.2. The summed E-state index contributed by atoms with van der Waals surface area (Å²) in [7, 11) is -3.71. The van der Waals surface area contributed by atoms with Gasteiger partial charge in [0.2, 0.25) is 0 Å². The molecule has 1 aromatic heterocycles. The van der Waals surface area contributed by atoms with Gasteiger partial charge in [-0.25, -0.2) is 8.42 Å². The van der Waals surface area contributed by atoms with Crippen LogP contribution in [-0.4, -0.2) is 8.42 Å². The van der Waals surface area contributed by atoms with Crippen LogP contribution in [-0.2, 0) is 10.0 Å². The molecular weight excluding hydrogens is 304 g/mol. The molecule has 0 unspecified atom stereocenters. The third-order valence-corrected chi connectivity index (χ3v) is 5.79. The number of nitrogens with zero attached hydrogens (tertiary/aromatic N) is 1. The van der Waals surface area contributed by atoms with Crippen LogP contribution in [0.25, 0.3) is 0 Å². The molecule has 1 N–H and O–H groups in total. The Bertz CT molecular complexity index is 741. The molecule has 0 spiro atoms. The van der Waals surface area contributed by atoms with Gasteiger partial charge in [0.05, 0.1) is 15.6 Å². The van der Waals surface area contributed by atoms with Crippen molar-refractivity contribution in [2.75, 3.05) is 4.72 Å². The molecule has 0 amide bonds. The normalized spacial score (nSPS) is 11.0. The fourth-order valence-electron chi connectivity index (χ4n) is 1.43. The molecule has 1 aromatic carbocycles. The summed E-state index contributed by atoms with van der Waals surface area (Å²) in [5, 5.41) is 8.93. The van der Waals surface area contributed by atoms with Crippen LogP contribution in [0.3, 0.4) is 0 Å². The molecule has 4 nitrogen and oxygen atoms in total. The average molecular weight is 313 g/mol. The van der Waals surface area contributed by atoms with Gasteiger partial charge in [0.25, 0.3) is 10.0 Å². The molecule has 0 bridgehead atoms. The number of halogens is 1. The highest BCUT2D eigenvalue weighted by Crippen LogP contribution is 2.31. The number of para-hydroxylation sites is 1. The molecule has 0 saturated heterocycles. The van der Waals surface area contributed by atoms with E-state index < -0.39 is 10.0 Å². The SMILES string of the molecule is Cc1cc(S(=O)(=O)Nc2ccccc2C#N)sc1Cl. The maximum absolute atomic E-state index is 12.2. The van der Waals surface area contributed by atoms with Crippen molar-refractivity contribution >= 4 is 38.6 Å². The molecule has 0 radical (unpaired) electrons. The summed E-state index contributed by atoms with van der Waals surface area (Å²) in [6.45, 7) is 1.74. The Kier molecular flexibility index (Phi) is 3.80. The fraction of sp³-hybridized carbons (Fsp3) is 0.0833. The third-order valence-electron chi connectivity index (χ3n) is 2.39. The van der Waals surface area contributed by atoms with E-state index in [1.807, 2.05) is 6.07 Å². The smallest absolute Gasteiger partial charge is 0.271 e. The standard InChI is InChI=1S/C12H9ClN2O2S2/c1-8-6-11(18-12(8)13)19(16,17)15-10-5-3-2-4-9(10)7-14/h2-6,15H,1H3. The highest BCUT2D eigenvalue weighted by atomic mass is 35.5. The summed E-state index contributed by atoms with van der Waals surface area (Å²) in [6, 6.07) is 9.85. The Morgan fingerprint density at radius 3 is 2.63 bits per heavy atom. The van der Waals surface area contributed by atoms with Gasteiger partial charge in [-0.15, -0.1) is 11.3 Å². The average Bonchev–Trinajstić information content (AvgIpc) is 2.71. The number of thiophene rings is 1. The number of hydrogen-bond acceptors (Lipinski definition) is 4. The van der Waals surface area contributed by atoms with E-state index in [1.54, 1.807) is 25.1 Å². The van der Waals surface area contributed by atoms with Gasteiger partial charge >= 0.3 is 0 Å². The molecule has 2 aromatic rings. The van der Waals surface area contributed by atoms with E-state index in [0.29, 0.717) is 9.90 Å². The first-order valence-electron chi connectivity index (χ1n) is 5.22. The van der Waals surface area contributed by atoms with Gasteiger partial charge in [-0.1, -0.05) is 23.7 Å². The van der Waals surface area contributed by atoms with Crippen molar-refractivity contribution in [1.82, 2.24) is 0 Å². The van der Waals surface area contributed by atoms with Crippen molar-refractivity contribution < 1.29 is 8.42 Å². The summed E-state index contributed by atoms with van der Waals surface area (Å²) in [6.07, 6.45) is 0. The van der Waals surface area contributed by atoms with E-state index in [4.69, 9.17) is 16.9 Å². The largest absolute Gasteiger partial charge is 0.278 e. The first kappa shape index (κ1) is 13.9. The predicted molar refractivity (Wildman–Crippen MR) is 76.0 cm³/mol. The van der Waals surface area contributed by atoms with E-state index in [2.05, 4.69) is 4.72 Å². The second kappa shape index (κ2) is 5.21. The van der Waals surface area contributed by atoms with Gasteiger partial charge in [-0.3, -0.25) is 4.72 Å². The number of aryl methyl sites for hydroxylation is 1. The van der Waals surface area contributed by atoms with E-state index in [9.17, 15) is 8.42 Å². The molecule has 7 heteroatoms. The Morgan fingerprint density at radius 1 is 1.37 bits per heavy atom. The van der Waals surface area contributed by atoms with Crippen LogP contribution < -0.4 is 4.72 Å². The molecule has 0 atom stereocenters.